The third-order valence-corrected chi connectivity index (χ3v) is 4.02. The van der Waals surface area contributed by atoms with E-state index in [0.717, 1.165) is 51.6 Å². The summed E-state index contributed by atoms with van der Waals surface area (Å²) in [6.07, 6.45) is 6.40. The summed E-state index contributed by atoms with van der Waals surface area (Å²) in [4.78, 5) is 6.75. The van der Waals surface area contributed by atoms with Gasteiger partial charge in [0.2, 0.25) is 0 Å². The Morgan fingerprint density at radius 1 is 1.43 bits per heavy atom. The summed E-state index contributed by atoms with van der Waals surface area (Å²) in [5.41, 5.74) is 0. The normalized spacial score (nSPS) is 17.7. The molecule has 1 N–H and O–H groups in total. The van der Waals surface area contributed by atoms with E-state index in [9.17, 15) is 0 Å². The van der Waals surface area contributed by atoms with Crippen LogP contribution in [0.4, 0.5) is 0 Å². The van der Waals surface area contributed by atoms with Crippen molar-refractivity contribution in [2.45, 2.75) is 39.3 Å². The topological polar surface area (TPSA) is 54.7 Å². The largest absolute Gasteiger partial charge is 0.378 e. The van der Waals surface area contributed by atoms with Crippen LogP contribution < -0.4 is 5.32 Å². The van der Waals surface area contributed by atoms with E-state index < -0.39 is 0 Å². The fraction of sp³-hybridized carbons (Fsp3) is 0.750. The summed E-state index contributed by atoms with van der Waals surface area (Å²) in [5.74, 6) is 1.50. The molecular weight excluding hydrogens is 405 g/mol. The Labute approximate surface area is 156 Å². The molecule has 0 aliphatic carbocycles. The highest BCUT2D eigenvalue weighted by molar-refractivity contribution is 14.0. The number of nitrogens with one attached hydrogen (secondary N) is 1. The van der Waals surface area contributed by atoms with Crippen LogP contribution in [0.2, 0.25) is 0 Å². The minimum Gasteiger partial charge on any atom is -0.378 e. The van der Waals surface area contributed by atoms with Crippen LogP contribution in [0.5, 0.6) is 0 Å². The average Bonchev–Trinajstić information content (AvgIpc) is 3.02. The van der Waals surface area contributed by atoms with Crippen LogP contribution in [0, 0.1) is 5.92 Å². The molecule has 7 heteroatoms. The number of hydrogen-bond acceptors (Lipinski definition) is 3. The lowest BCUT2D eigenvalue weighted by molar-refractivity contribution is 0.0263. The van der Waals surface area contributed by atoms with E-state index in [1.807, 2.05) is 30.2 Å². The van der Waals surface area contributed by atoms with Crippen LogP contribution in [-0.2, 0) is 11.3 Å². The highest BCUT2D eigenvalue weighted by atomic mass is 127. The van der Waals surface area contributed by atoms with Crippen molar-refractivity contribution in [3.63, 3.8) is 0 Å². The SMILES string of the molecule is CCOC1CCN(C(=NC)NCC(C)Cn2cccn2)CC1.I. The molecule has 0 aromatic carbocycles. The highest BCUT2D eigenvalue weighted by Gasteiger charge is 2.21. The van der Waals surface area contributed by atoms with Gasteiger partial charge < -0.3 is 15.0 Å². The van der Waals surface area contributed by atoms with Crippen molar-refractivity contribution in [3.8, 4) is 0 Å². The molecule has 1 aromatic rings. The van der Waals surface area contributed by atoms with Crippen molar-refractivity contribution < 1.29 is 4.74 Å². The Kier molecular flexibility index (Phi) is 9.54. The first-order chi connectivity index (χ1) is 10.7. The predicted octanol–water partition coefficient (Wildman–Crippen LogP) is 2.21. The molecular formula is C16H30IN5O. The van der Waals surface area contributed by atoms with E-state index in [4.69, 9.17) is 4.74 Å². The number of guanidine groups is 1. The van der Waals surface area contributed by atoms with Gasteiger partial charge in [-0.05, 0) is 31.7 Å². The first kappa shape index (κ1) is 20.2. The molecule has 6 nitrogen and oxygen atoms in total. The molecule has 1 unspecified atom stereocenters. The first-order valence-electron chi connectivity index (χ1n) is 8.27. The zero-order chi connectivity index (χ0) is 15.8. The number of hydrogen-bond donors (Lipinski definition) is 1. The van der Waals surface area contributed by atoms with Crippen molar-refractivity contribution in [2.75, 3.05) is 33.3 Å². The molecule has 0 saturated carbocycles. The average molecular weight is 435 g/mol. The van der Waals surface area contributed by atoms with Crippen LogP contribution in [0.1, 0.15) is 26.7 Å². The lowest BCUT2D eigenvalue weighted by atomic mass is 10.1. The van der Waals surface area contributed by atoms with Crippen molar-refractivity contribution in [2.24, 2.45) is 10.9 Å². The molecule has 1 aliphatic heterocycles. The second-order valence-electron chi connectivity index (χ2n) is 5.90. The number of piperidine rings is 1. The Hall–Kier alpha value is -0.830. The molecule has 0 amide bonds. The number of nitrogens with zero attached hydrogens (tertiary/aromatic N) is 4. The molecule has 1 aromatic heterocycles. The van der Waals surface area contributed by atoms with Gasteiger partial charge in [0.15, 0.2) is 5.96 Å². The Morgan fingerprint density at radius 3 is 2.74 bits per heavy atom. The van der Waals surface area contributed by atoms with Gasteiger partial charge in [-0.15, -0.1) is 24.0 Å². The van der Waals surface area contributed by atoms with Gasteiger partial charge in [0.25, 0.3) is 0 Å². The van der Waals surface area contributed by atoms with Gasteiger partial charge in [-0.25, -0.2) is 0 Å². The summed E-state index contributed by atoms with van der Waals surface area (Å²) in [6, 6.07) is 1.96. The molecule has 2 rings (SSSR count). The molecule has 23 heavy (non-hydrogen) atoms. The smallest absolute Gasteiger partial charge is 0.193 e. The Morgan fingerprint density at radius 2 is 2.17 bits per heavy atom. The minimum atomic E-state index is 0. The Balaban J connectivity index is 0.00000264. The first-order valence-corrected chi connectivity index (χ1v) is 8.27. The van der Waals surface area contributed by atoms with Gasteiger partial charge in [0, 0.05) is 52.2 Å². The number of likely N-dealkylation sites (tertiary alicyclic amines) is 1. The quantitative estimate of drug-likeness (QED) is 0.423. The number of aromatic nitrogens is 2. The van der Waals surface area contributed by atoms with Crippen LogP contribution in [0.3, 0.4) is 0 Å². The van der Waals surface area contributed by atoms with Crippen molar-refractivity contribution in [1.29, 1.82) is 0 Å². The van der Waals surface area contributed by atoms with E-state index >= 15 is 0 Å². The molecule has 1 atom stereocenters. The molecule has 2 heterocycles. The van der Waals surface area contributed by atoms with Crippen molar-refractivity contribution in [3.05, 3.63) is 18.5 Å². The molecule has 0 bridgehead atoms. The maximum atomic E-state index is 5.70. The molecule has 132 valence electrons. The molecule has 1 saturated heterocycles. The van der Waals surface area contributed by atoms with Crippen LogP contribution in [0.15, 0.2) is 23.5 Å². The van der Waals surface area contributed by atoms with Gasteiger partial charge in [0.05, 0.1) is 6.10 Å². The van der Waals surface area contributed by atoms with Crippen LogP contribution in [-0.4, -0.2) is 60.0 Å². The fourth-order valence-electron chi connectivity index (χ4n) is 2.86. The number of halogens is 1. The third-order valence-electron chi connectivity index (χ3n) is 4.02. The van der Waals surface area contributed by atoms with E-state index in [1.54, 1.807) is 0 Å². The summed E-state index contributed by atoms with van der Waals surface area (Å²) < 4.78 is 7.68. The number of aliphatic imine (C=N–C) groups is 1. The third kappa shape index (κ3) is 6.66. The van der Waals surface area contributed by atoms with Crippen molar-refractivity contribution in [1.82, 2.24) is 20.0 Å². The van der Waals surface area contributed by atoms with Crippen LogP contribution >= 0.6 is 24.0 Å². The molecule has 1 fully saturated rings. The second-order valence-corrected chi connectivity index (χ2v) is 5.90. The molecule has 1 aliphatic rings. The fourth-order valence-corrected chi connectivity index (χ4v) is 2.86. The maximum absolute atomic E-state index is 5.70. The van der Waals surface area contributed by atoms with E-state index in [2.05, 4.69) is 34.2 Å². The zero-order valence-electron chi connectivity index (χ0n) is 14.4. The van der Waals surface area contributed by atoms with Gasteiger partial charge in [-0.1, -0.05) is 6.92 Å². The Bertz CT molecular complexity index is 443. The minimum absolute atomic E-state index is 0. The van der Waals surface area contributed by atoms with Gasteiger partial charge in [0.1, 0.15) is 0 Å². The van der Waals surface area contributed by atoms with E-state index in [1.165, 1.54) is 0 Å². The van der Waals surface area contributed by atoms with Gasteiger partial charge in [-0.2, -0.15) is 5.10 Å². The van der Waals surface area contributed by atoms with Crippen molar-refractivity contribution >= 4 is 29.9 Å². The zero-order valence-corrected chi connectivity index (χ0v) is 16.8. The summed E-state index contributed by atoms with van der Waals surface area (Å²) in [7, 11) is 1.86. The molecule has 0 spiro atoms. The lowest BCUT2D eigenvalue weighted by Gasteiger charge is -2.34. The van der Waals surface area contributed by atoms with Crippen LogP contribution in [0.25, 0.3) is 0 Å². The summed E-state index contributed by atoms with van der Waals surface area (Å²) in [6.45, 7) is 8.94. The monoisotopic (exact) mass is 435 g/mol. The van der Waals surface area contributed by atoms with E-state index in [-0.39, 0.29) is 24.0 Å². The van der Waals surface area contributed by atoms with Gasteiger partial charge in [-0.3, -0.25) is 9.67 Å². The number of rotatable bonds is 6. The highest BCUT2D eigenvalue weighted by Crippen LogP contribution is 2.13. The standard InChI is InChI=1S/C16H29N5O.HI/c1-4-22-15-6-10-20(11-7-15)16(17-3)18-12-14(2)13-21-9-5-8-19-21;/h5,8-9,14-15H,4,6-7,10-13H2,1-3H3,(H,17,18);1H. The van der Waals surface area contributed by atoms with E-state index in [0.29, 0.717) is 12.0 Å². The lowest BCUT2D eigenvalue weighted by Crippen LogP contribution is -2.48. The number of ether oxygens (including phenoxy) is 1. The predicted molar refractivity (Wildman–Crippen MR) is 104 cm³/mol. The van der Waals surface area contributed by atoms with Gasteiger partial charge >= 0.3 is 0 Å². The second kappa shape index (κ2) is 10.9. The summed E-state index contributed by atoms with van der Waals surface area (Å²) in [5, 5.41) is 7.75. The summed E-state index contributed by atoms with van der Waals surface area (Å²) >= 11 is 0. The molecule has 0 radical (unpaired) electrons. The maximum Gasteiger partial charge on any atom is 0.193 e.